The number of rotatable bonds is 14. The molecule has 2 aliphatic rings. The van der Waals surface area contributed by atoms with Crippen molar-refractivity contribution in [2.75, 3.05) is 72.0 Å². The van der Waals surface area contributed by atoms with E-state index in [0.717, 1.165) is 0 Å². The number of benzene rings is 1. The molecule has 5 unspecified atom stereocenters. The lowest BCUT2D eigenvalue weighted by molar-refractivity contribution is -0.145. The number of carboxylic acid groups (broad SMARTS) is 4. The lowest BCUT2D eigenvalue weighted by Gasteiger charge is -2.35. The molecule has 5 rings (SSSR count). The van der Waals surface area contributed by atoms with Crippen LogP contribution in [0.3, 0.4) is 0 Å². The van der Waals surface area contributed by atoms with Gasteiger partial charge in [-0.1, -0.05) is 36.4 Å². The minimum absolute atomic E-state index is 0.0514. The van der Waals surface area contributed by atoms with Crippen LogP contribution in [0.5, 0.6) is 0 Å². The van der Waals surface area contributed by atoms with Crippen molar-refractivity contribution in [3.8, 4) is 11.3 Å². The quantitative estimate of drug-likeness (QED) is 0.141. The van der Waals surface area contributed by atoms with Gasteiger partial charge in [0, 0.05) is 81.4 Å². The number of aliphatic hydroxyl groups is 1. The number of aromatic nitrogens is 5. The maximum Gasteiger partial charge on any atom is 0.332 e. The third-order valence-electron chi connectivity index (χ3n) is 10.5. The Morgan fingerprint density at radius 1 is 0.810 bits per heavy atom. The maximum atomic E-state index is 13.6. The zero-order chi connectivity index (χ0) is 42.3. The molecule has 0 amide bonds. The highest BCUT2D eigenvalue weighted by Gasteiger charge is 2.34. The molecular weight excluding hydrogens is 779 g/mol. The first-order valence-electron chi connectivity index (χ1n) is 19.0. The Hall–Kier alpha value is -4.93. The van der Waals surface area contributed by atoms with E-state index >= 15 is 0 Å². The average molecular weight is 830 g/mol. The predicted octanol–water partition coefficient (Wildman–Crippen LogP) is -0.176. The summed E-state index contributed by atoms with van der Waals surface area (Å²) in [5.41, 5.74) is 0.999. The maximum absolute atomic E-state index is 13.6. The van der Waals surface area contributed by atoms with Crippen LogP contribution in [0.15, 0.2) is 46.2 Å². The fourth-order valence-corrected chi connectivity index (χ4v) is 8.74. The third kappa shape index (κ3) is 11.4. The van der Waals surface area contributed by atoms with Gasteiger partial charge in [-0.25, -0.2) is 9.48 Å². The van der Waals surface area contributed by atoms with Crippen LogP contribution < -0.4 is 11.2 Å². The third-order valence-corrected chi connectivity index (χ3v) is 12.0. The van der Waals surface area contributed by atoms with Gasteiger partial charge < -0.3 is 25.5 Å². The lowest BCUT2D eigenvalue weighted by Crippen LogP contribution is -2.49. The van der Waals surface area contributed by atoms with Crippen molar-refractivity contribution in [1.82, 2.24) is 43.7 Å². The van der Waals surface area contributed by atoms with E-state index < -0.39 is 53.3 Å². The molecule has 1 aromatic carbocycles. The first kappa shape index (κ1) is 44.2. The fourth-order valence-electron chi connectivity index (χ4n) is 7.36. The minimum Gasteiger partial charge on any atom is -0.480 e. The summed E-state index contributed by atoms with van der Waals surface area (Å²) >= 11 is 1.48. The van der Waals surface area contributed by atoms with Crippen molar-refractivity contribution in [3.05, 3.63) is 68.6 Å². The van der Waals surface area contributed by atoms with Crippen molar-refractivity contribution in [1.29, 1.82) is 0 Å². The zero-order valence-corrected chi connectivity index (χ0v) is 33.5. The number of aryl methyl sites for hydroxylation is 1. The van der Waals surface area contributed by atoms with Gasteiger partial charge in [-0.2, -0.15) is 0 Å². The molecule has 2 saturated heterocycles. The van der Waals surface area contributed by atoms with E-state index in [9.17, 15) is 54.3 Å². The highest BCUT2D eigenvalue weighted by atomic mass is 32.2. The normalized spacial score (nSPS) is 21.8. The number of aliphatic hydroxyl groups excluding tert-OH is 1. The van der Waals surface area contributed by atoms with Crippen molar-refractivity contribution < 1.29 is 44.7 Å². The highest BCUT2D eigenvalue weighted by Crippen LogP contribution is 2.40. The first-order chi connectivity index (χ1) is 27.5. The summed E-state index contributed by atoms with van der Waals surface area (Å²) in [5, 5.41) is 57.5. The molecule has 20 nitrogen and oxygen atoms in total. The number of thioether (sulfide) groups is 1. The molecular formula is C37H51N9O11S. The number of nitrogens with zero attached hydrogens (tertiary/aromatic N) is 9. The summed E-state index contributed by atoms with van der Waals surface area (Å²) < 4.78 is 4.23. The van der Waals surface area contributed by atoms with Gasteiger partial charge in [0.25, 0.3) is 5.56 Å². The molecule has 4 heterocycles. The average Bonchev–Trinajstić information content (AvgIpc) is 3.75. The molecule has 2 aliphatic heterocycles. The second-order valence-electron chi connectivity index (χ2n) is 14.9. The van der Waals surface area contributed by atoms with Crippen LogP contribution in [0.1, 0.15) is 48.9 Å². The Kier molecular flexibility index (Phi) is 15.0. The molecule has 0 aliphatic carbocycles. The highest BCUT2D eigenvalue weighted by molar-refractivity contribution is 8.00. The second kappa shape index (κ2) is 19.7. The van der Waals surface area contributed by atoms with E-state index in [1.807, 2.05) is 6.92 Å². The van der Waals surface area contributed by atoms with E-state index in [0.29, 0.717) is 28.8 Å². The molecule has 2 fully saturated rings. The predicted molar refractivity (Wildman–Crippen MR) is 211 cm³/mol. The van der Waals surface area contributed by atoms with Crippen LogP contribution in [-0.2, 0) is 25.7 Å². The van der Waals surface area contributed by atoms with Crippen molar-refractivity contribution in [2.24, 2.45) is 0 Å². The Morgan fingerprint density at radius 2 is 1.33 bits per heavy atom. The van der Waals surface area contributed by atoms with Crippen LogP contribution >= 0.6 is 11.8 Å². The van der Waals surface area contributed by atoms with E-state index in [4.69, 9.17) is 0 Å². The van der Waals surface area contributed by atoms with Crippen molar-refractivity contribution in [2.45, 2.75) is 62.5 Å². The smallest absolute Gasteiger partial charge is 0.332 e. The molecule has 316 valence electrons. The van der Waals surface area contributed by atoms with Crippen LogP contribution in [0.4, 0.5) is 0 Å². The van der Waals surface area contributed by atoms with Gasteiger partial charge in [0.2, 0.25) is 0 Å². The van der Waals surface area contributed by atoms with Gasteiger partial charge in [-0.15, -0.1) is 16.9 Å². The number of carbonyl (C=O) groups is 4. The molecule has 0 saturated carbocycles. The summed E-state index contributed by atoms with van der Waals surface area (Å²) in [6.45, 7) is 5.81. The van der Waals surface area contributed by atoms with Gasteiger partial charge in [0.15, 0.2) is 0 Å². The van der Waals surface area contributed by atoms with Gasteiger partial charge in [0.1, 0.15) is 11.7 Å². The monoisotopic (exact) mass is 829 g/mol. The minimum atomic E-state index is -1.18. The van der Waals surface area contributed by atoms with Gasteiger partial charge in [-0.3, -0.25) is 52.7 Å². The van der Waals surface area contributed by atoms with E-state index in [1.165, 1.54) is 25.6 Å². The summed E-state index contributed by atoms with van der Waals surface area (Å²) in [5.74, 6) is -4.41. The summed E-state index contributed by atoms with van der Waals surface area (Å²) in [7, 11) is 0. The molecule has 5 N–H and O–H groups in total. The SMILES string of the molecule is Cc1cn(C2CC(O)C(C)S2)c(=O)n(C(C)Cn2cc(-c3ccc(C(C(=O)O)N4CCN(CC(=O)O)CCN(CC(=O)O)CCN(CC(=O)O)CC4)cc3)nn2)c1=O. The van der Waals surface area contributed by atoms with E-state index in [1.54, 1.807) is 70.1 Å². The molecule has 0 radical (unpaired) electrons. The fraction of sp³-hybridized carbons (Fsp3) is 0.568. The zero-order valence-electron chi connectivity index (χ0n) is 32.7. The number of carboxylic acids is 4. The standard InChI is InChI=1S/C37H51N9O11S/c1-23-17-45(30-16-29(47)25(3)58-30)37(57)46(35(23)54)24(2)18-44-19-28(38-39-44)26-4-6-27(7-5-26)34(36(55)56)43-14-12-41(21-32(50)51)10-8-40(20-31(48)49)9-11-42(13-15-43)22-33(52)53/h4-7,17,19,24-25,29-30,34,47H,8-16,18,20-22H2,1-3H3,(H,48,49)(H,50,51)(H,52,53)(H,55,56). The molecule has 2 aromatic heterocycles. The first-order valence-corrected chi connectivity index (χ1v) is 19.9. The van der Waals surface area contributed by atoms with Crippen LogP contribution in [0.25, 0.3) is 11.3 Å². The van der Waals surface area contributed by atoms with Gasteiger partial charge in [-0.05, 0) is 19.4 Å². The Morgan fingerprint density at radius 3 is 1.79 bits per heavy atom. The topological polar surface area (TPSA) is 257 Å². The molecule has 3 aromatic rings. The van der Waals surface area contributed by atoms with Gasteiger partial charge >= 0.3 is 29.6 Å². The number of hydrogen-bond donors (Lipinski definition) is 5. The van der Waals surface area contributed by atoms with Crippen LogP contribution in [-0.4, -0.2) is 176 Å². The van der Waals surface area contributed by atoms with E-state index in [2.05, 4.69) is 10.3 Å². The molecule has 5 atom stereocenters. The summed E-state index contributed by atoms with van der Waals surface area (Å²) in [6, 6.07) is 4.90. The van der Waals surface area contributed by atoms with Crippen molar-refractivity contribution >= 4 is 35.6 Å². The molecule has 58 heavy (non-hydrogen) atoms. The summed E-state index contributed by atoms with van der Waals surface area (Å²) in [4.78, 5) is 81.1. The second-order valence-corrected chi connectivity index (χ2v) is 16.4. The Bertz CT molecular complexity index is 2010. The Labute approximate surface area is 337 Å². The van der Waals surface area contributed by atoms with Crippen molar-refractivity contribution in [3.63, 3.8) is 0 Å². The number of aliphatic carboxylic acids is 4. The number of hydrogen-bond acceptors (Lipinski definition) is 14. The summed E-state index contributed by atoms with van der Waals surface area (Å²) in [6.07, 6.45) is 3.03. The molecule has 21 heteroatoms. The van der Waals surface area contributed by atoms with Crippen LogP contribution in [0, 0.1) is 6.92 Å². The van der Waals surface area contributed by atoms with Gasteiger partial charge in [0.05, 0.1) is 49.9 Å². The largest absolute Gasteiger partial charge is 0.480 e. The van der Waals surface area contributed by atoms with E-state index in [-0.39, 0.29) is 89.2 Å². The molecule has 0 spiro atoms. The van der Waals surface area contributed by atoms with Crippen LogP contribution in [0.2, 0.25) is 0 Å². The lowest BCUT2D eigenvalue weighted by atomic mass is 10.0. The molecule has 0 bridgehead atoms. The Balaban J connectivity index is 1.34.